The van der Waals surface area contributed by atoms with Crippen LogP contribution in [0.4, 0.5) is 0 Å². The van der Waals surface area contributed by atoms with E-state index in [9.17, 15) is 10.2 Å². The third-order valence-electron chi connectivity index (χ3n) is 2.32. The highest BCUT2D eigenvalue weighted by Crippen LogP contribution is 2.17. The van der Waals surface area contributed by atoms with E-state index in [0.29, 0.717) is 13.0 Å². The molecule has 0 aromatic carbocycles. The molecule has 0 amide bonds. The number of likely N-dealkylation sites (N-methyl/N-ethyl adjacent to an activating group) is 1. The lowest BCUT2D eigenvalue weighted by Crippen LogP contribution is -2.44. The minimum absolute atomic E-state index is 0.418. The Hall–Kier alpha value is -0.380. The predicted molar refractivity (Wildman–Crippen MR) is 59.2 cm³/mol. The standard InChI is InChI=1S/C11H23NO2/c1-9(2)6-5-7-11(3,14)10(13)8-12-4/h6,10,12-14H,5,7-8H2,1-4H3. The SMILES string of the molecule is CNCC(O)C(C)(O)CCC=C(C)C. The number of aliphatic hydroxyl groups excluding tert-OH is 1. The molecule has 0 fully saturated rings. The zero-order valence-corrected chi connectivity index (χ0v) is 9.67. The number of hydrogen-bond acceptors (Lipinski definition) is 3. The summed E-state index contributed by atoms with van der Waals surface area (Å²) in [5, 5.41) is 22.4. The third kappa shape index (κ3) is 5.37. The molecule has 3 nitrogen and oxygen atoms in total. The fraction of sp³-hybridized carbons (Fsp3) is 0.818. The van der Waals surface area contributed by atoms with Crippen LogP contribution in [0.15, 0.2) is 11.6 Å². The highest BCUT2D eigenvalue weighted by atomic mass is 16.3. The minimum Gasteiger partial charge on any atom is -0.389 e. The first kappa shape index (κ1) is 13.6. The summed E-state index contributed by atoms with van der Waals surface area (Å²) in [5.41, 5.74) is 0.235. The second-order valence-electron chi connectivity index (χ2n) is 4.25. The van der Waals surface area contributed by atoms with Crippen LogP contribution in [0.2, 0.25) is 0 Å². The summed E-state index contributed by atoms with van der Waals surface area (Å²) < 4.78 is 0. The molecular formula is C11H23NO2. The van der Waals surface area contributed by atoms with Crippen molar-refractivity contribution < 1.29 is 10.2 Å². The van der Waals surface area contributed by atoms with Crippen LogP contribution < -0.4 is 5.32 Å². The van der Waals surface area contributed by atoms with Gasteiger partial charge in [0.2, 0.25) is 0 Å². The normalized spacial score (nSPS) is 17.3. The molecule has 14 heavy (non-hydrogen) atoms. The summed E-state index contributed by atoms with van der Waals surface area (Å²) in [4.78, 5) is 0. The van der Waals surface area contributed by atoms with Crippen LogP contribution in [0, 0.1) is 0 Å². The molecule has 0 radical (unpaired) electrons. The molecule has 0 saturated carbocycles. The molecule has 3 heteroatoms. The van der Waals surface area contributed by atoms with E-state index in [2.05, 4.69) is 11.4 Å². The van der Waals surface area contributed by atoms with Gasteiger partial charge in [0, 0.05) is 6.54 Å². The van der Waals surface area contributed by atoms with E-state index >= 15 is 0 Å². The zero-order chi connectivity index (χ0) is 11.2. The van der Waals surface area contributed by atoms with E-state index in [1.165, 1.54) is 5.57 Å². The van der Waals surface area contributed by atoms with Gasteiger partial charge in [0.15, 0.2) is 0 Å². The van der Waals surface area contributed by atoms with Gasteiger partial charge in [-0.05, 0) is 40.7 Å². The smallest absolute Gasteiger partial charge is 0.0948 e. The van der Waals surface area contributed by atoms with Crippen molar-refractivity contribution in [1.29, 1.82) is 0 Å². The summed E-state index contributed by atoms with van der Waals surface area (Å²) in [6.45, 7) is 6.15. The highest BCUT2D eigenvalue weighted by Gasteiger charge is 2.28. The molecule has 0 rings (SSSR count). The van der Waals surface area contributed by atoms with Gasteiger partial charge in [-0.15, -0.1) is 0 Å². The van der Waals surface area contributed by atoms with Crippen LogP contribution >= 0.6 is 0 Å². The van der Waals surface area contributed by atoms with Gasteiger partial charge < -0.3 is 15.5 Å². The molecule has 0 bridgehead atoms. The van der Waals surface area contributed by atoms with Crippen LogP contribution in [0.3, 0.4) is 0 Å². The maximum absolute atomic E-state index is 9.91. The fourth-order valence-electron chi connectivity index (χ4n) is 1.23. The summed E-state index contributed by atoms with van der Waals surface area (Å²) in [6, 6.07) is 0. The third-order valence-corrected chi connectivity index (χ3v) is 2.32. The molecule has 0 aromatic heterocycles. The van der Waals surface area contributed by atoms with Crippen molar-refractivity contribution >= 4 is 0 Å². The minimum atomic E-state index is -1.00. The molecule has 0 aliphatic heterocycles. The highest BCUT2D eigenvalue weighted by molar-refractivity contribution is 4.95. The molecule has 0 saturated heterocycles. The zero-order valence-electron chi connectivity index (χ0n) is 9.67. The molecule has 2 atom stereocenters. The van der Waals surface area contributed by atoms with Gasteiger partial charge in [0.1, 0.15) is 0 Å². The van der Waals surface area contributed by atoms with E-state index in [0.717, 1.165) is 6.42 Å². The van der Waals surface area contributed by atoms with Crippen LogP contribution in [-0.4, -0.2) is 35.5 Å². The van der Waals surface area contributed by atoms with Crippen molar-refractivity contribution in [3.63, 3.8) is 0 Å². The molecule has 0 spiro atoms. The van der Waals surface area contributed by atoms with Gasteiger partial charge in [-0.2, -0.15) is 0 Å². The predicted octanol–water partition coefficient (Wildman–Crippen LogP) is 1.06. The van der Waals surface area contributed by atoms with E-state index in [1.54, 1.807) is 14.0 Å². The molecule has 0 aliphatic rings. The number of hydrogen-bond donors (Lipinski definition) is 3. The molecule has 84 valence electrons. The van der Waals surface area contributed by atoms with Crippen LogP contribution in [-0.2, 0) is 0 Å². The summed E-state index contributed by atoms with van der Waals surface area (Å²) >= 11 is 0. The molecule has 0 heterocycles. The lowest BCUT2D eigenvalue weighted by atomic mass is 9.93. The second-order valence-corrected chi connectivity index (χ2v) is 4.25. The molecular weight excluding hydrogens is 178 g/mol. The number of nitrogens with one attached hydrogen (secondary N) is 1. The van der Waals surface area contributed by atoms with E-state index in [4.69, 9.17) is 0 Å². The van der Waals surface area contributed by atoms with Crippen LogP contribution in [0.25, 0.3) is 0 Å². The molecule has 0 aromatic rings. The first-order chi connectivity index (χ1) is 6.40. The molecule has 0 aliphatic carbocycles. The Bertz CT molecular complexity index is 184. The van der Waals surface area contributed by atoms with Gasteiger partial charge >= 0.3 is 0 Å². The van der Waals surface area contributed by atoms with Gasteiger partial charge in [-0.3, -0.25) is 0 Å². The van der Waals surface area contributed by atoms with Crippen molar-refractivity contribution in [2.24, 2.45) is 0 Å². The lowest BCUT2D eigenvalue weighted by Gasteiger charge is -2.28. The van der Waals surface area contributed by atoms with Gasteiger partial charge in [-0.1, -0.05) is 11.6 Å². The summed E-state index contributed by atoms with van der Waals surface area (Å²) in [5.74, 6) is 0. The quantitative estimate of drug-likeness (QED) is 0.563. The van der Waals surface area contributed by atoms with Crippen molar-refractivity contribution in [3.8, 4) is 0 Å². The van der Waals surface area contributed by atoms with Gasteiger partial charge in [0.25, 0.3) is 0 Å². The Balaban J connectivity index is 3.99. The van der Waals surface area contributed by atoms with Crippen LogP contribution in [0.1, 0.15) is 33.6 Å². The van der Waals surface area contributed by atoms with Gasteiger partial charge in [-0.25, -0.2) is 0 Å². The Morgan fingerprint density at radius 1 is 1.50 bits per heavy atom. The Morgan fingerprint density at radius 3 is 2.50 bits per heavy atom. The van der Waals surface area contributed by atoms with Crippen molar-refractivity contribution in [1.82, 2.24) is 5.32 Å². The first-order valence-corrected chi connectivity index (χ1v) is 5.08. The average Bonchev–Trinajstić information content (AvgIpc) is 2.03. The van der Waals surface area contributed by atoms with Crippen LogP contribution in [0.5, 0.6) is 0 Å². The van der Waals surface area contributed by atoms with Gasteiger partial charge in [0.05, 0.1) is 11.7 Å². The molecule has 2 unspecified atom stereocenters. The number of rotatable bonds is 6. The van der Waals surface area contributed by atoms with Crippen molar-refractivity contribution in [2.45, 2.75) is 45.3 Å². The maximum atomic E-state index is 9.91. The van der Waals surface area contributed by atoms with Crippen molar-refractivity contribution in [2.75, 3.05) is 13.6 Å². The van der Waals surface area contributed by atoms with Crippen molar-refractivity contribution in [3.05, 3.63) is 11.6 Å². The fourth-order valence-corrected chi connectivity index (χ4v) is 1.23. The maximum Gasteiger partial charge on any atom is 0.0948 e. The molecule has 3 N–H and O–H groups in total. The first-order valence-electron chi connectivity index (χ1n) is 5.08. The van der Waals surface area contributed by atoms with E-state index in [-0.39, 0.29) is 0 Å². The van der Waals surface area contributed by atoms with E-state index in [1.807, 2.05) is 13.8 Å². The largest absolute Gasteiger partial charge is 0.389 e. The number of aliphatic hydroxyl groups is 2. The monoisotopic (exact) mass is 201 g/mol. The lowest BCUT2D eigenvalue weighted by molar-refractivity contribution is -0.0639. The Kier molecular flexibility index (Phi) is 6.00. The average molecular weight is 201 g/mol. The topological polar surface area (TPSA) is 52.5 Å². The number of allylic oxidation sites excluding steroid dienone is 2. The Labute approximate surface area is 86.8 Å². The summed E-state index contributed by atoms with van der Waals surface area (Å²) in [7, 11) is 1.76. The second kappa shape index (κ2) is 6.17. The Morgan fingerprint density at radius 2 is 2.07 bits per heavy atom. The summed E-state index contributed by atoms with van der Waals surface area (Å²) in [6.07, 6.45) is 2.75. The van der Waals surface area contributed by atoms with E-state index < -0.39 is 11.7 Å².